The summed E-state index contributed by atoms with van der Waals surface area (Å²) in [6, 6.07) is 5.69. The molecule has 0 saturated carbocycles. The predicted molar refractivity (Wildman–Crippen MR) is 84.3 cm³/mol. The van der Waals surface area contributed by atoms with E-state index in [1.54, 1.807) is 0 Å². The topological polar surface area (TPSA) is 20.3 Å². The molecular weight excluding hydrogens is 426 g/mol. The van der Waals surface area contributed by atoms with Gasteiger partial charge in [-0.3, -0.25) is 4.79 Å². The van der Waals surface area contributed by atoms with E-state index in [9.17, 15) is 4.79 Å². The molecule has 0 aliphatic carbocycles. The molecule has 0 atom stereocenters. The number of carbonyl (C=O) groups is 1. The van der Waals surface area contributed by atoms with Crippen LogP contribution in [0.25, 0.3) is 0 Å². The van der Waals surface area contributed by atoms with Crippen LogP contribution in [0.3, 0.4) is 0 Å². The van der Waals surface area contributed by atoms with Crippen LogP contribution in [-0.2, 0) is 0 Å². The molecule has 1 aliphatic heterocycles. The van der Waals surface area contributed by atoms with Crippen LogP contribution in [-0.4, -0.2) is 29.2 Å². The lowest BCUT2D eigenvalue weighted by Crippen LogP contribution is -2.38. The van der Waals surface area contributed by atoms with Crippen molar-refractivity contribution in [3.05, 3.63) is 32.7 Å². The molecule has 1 saturated heterocycles. The van der Waals surface area contributed by atoms with Crippen LogP contribution >= 0.6 is 47.8 Å². The van der Waals surface area contributed by atoms with Crippen LogP contribution < -0.4 is 0 Å². The van der Waals surface area contributed by atoms with Gasteiger partial charge in [-0.2, -0.15) is 0 Å². The van der Waals surface area contributed by atoms with Crippen molar-refractivity contribution in [3.63, 3.8) is 0 Å². The second kappa shape index (κ2) is 6.53. The number of rotatable bonds is 2. The number of hydrogen-bond acceptors (Lipinski definition) is 1. The third-order valence-corrected chi connectivity index (χ3v) is 5.35. The molecule has 2 nitrogen and oxygen atoms in total. The number of benzene rings is 1. The standard InChI is InChI=1S/C13H14Br3NO/c14-8-9-3-5-17(6-4-9)13(18)11-2-1-10(15)7-12(11)16/h1-2,7,9H,3-6,8H2. The molecule has 2 rings (SSSR count). The largest absolute Gasteiger partial charge is 0.339 e. The first-order valence-corrected chi connectivity index (χ1v) is 8.63. The van der Waals surface area contributed by atoms with Gasteiger partial charge in [0.15, 0.2) is 0 Å². The van der Waals surface area contributed by atoms with Crippen LogP contribution in [0.2, 0.25) is 0 Å². The fourth-order valence-electron chi connectivity index (χ4n) is 2.12. The first-order valence-electron chi connectivity index (χ1n) is 5.92. The molecule has 0 aromatic heterocycles. The van der Waals surface area contributed by atoms with E-state index >= 15 is 0 Å². The van der Waals surface area contributed by atoms with Gasteiger partial charge in [-0.25, -0.2) is 0 Å². The lowest BCUT2D eigenvalue weighted by atomic mass is 9.98. The number of likely N-dealkylation sites (tertiary alicyclic amines) is 1. The summed E-state index contributed by atoms with van der Waals surface area (Å²) >= 11 is 10.4. The fourth-order valence-corrected chi connectivity index (χ4v) is 3.99. The summed E-state index contributed by atoms with van der Waals surface area (Å²) < 4.78 is 1.83. The Morgan fingerprint density at radius 1 is 1.28 bits per heavy atom. The minimum absolute atomic E-state index is 0.127. The zero-order valence-corrected chi connectivity index (χ0v) is 14.6. The van der Waals surface area contributed by atoms with Gasteiger partial charge in [-0.1, -0.05) is 31.9 Å². The van der Waals surface area contributed by atoms with E-state index in [2.05, 4.69) is 47.8 Å². The van der Waals surface area contributed by atoms with Crippen molar-refractivity contribution in [2.45, 2.75) is 12.8 Å². The van der Waals surface area contributed by atoms with Crippen molar-refractivity contribution in [3.8, 4) is 0 Å². The van der Waals surface area contributed by atoms with Crippen LogP contribution in [0.4, 0.5) is 0 Å². The van der Waals surface area contributed by atoms with Crippen molar-refractivity contribution < 1.29 is 4.79 Å². The molecule has 0 spiro atoms. The minimum atomic E-state index is 0.127. The lowest BCUT2D eigenvalue weighted by molar-refractivity contribution is 0.0698. The number of piperidine rings is 1. The lowest BCUT2D eigenvalue weighted by Gasteiger charge is -2.31. The summed E-state index contributed by atoms with van der Waals surface area (Å²) in [5.74, 6) is 0.838. The van der Waals surface area contributed by atoms with E-state index < -0.39 is 0 Å². The van der Waals surface area contributed by atoms with E-state index in [4.69, 9.17) is 0 Å². The van der Waals surface area contributed by atoms with Crippen molar-refractivity contribution in [2.24, 2.45) is 5.92 Å². The predicted octanol–water partition coefficient (Wildman–Crippen LogP) is 4.46. The number of amides is 1. The Bertz CT molecular complexity index is 442. The Balaban J connectivity index is 2.08. The Morgan fingerprint density at radius 2 is 1.94 bits per heavy atom. The first-order chi connectivity index (χ1) is 8.61. The summed E-state index contributed by atoms with van der Waals surface area (Å²) in [4.78, 5) is 14.3. The molecule has 5 heteroatoms. The van der Waals surface area contributed by atoms with Gasteiger partial charge < -0.3 is 4.90 Å². The zero-order valence-electron chi connectivity index (χ0n) is 9.83. The van der Waals surface area contributed by atoms with Crippen molar-refractivity contribution in [2.75, 3.05) is 18.4 Å². The molecule has 1 heterocycles. The third-order valence-electron chi connectivity index (χ3n) is 3.28. The molecule has 18 heavy (non-hydrogen) atoms. The second-order valence-electron chi connectivity index (χ2n) is 4.51. The maximum atomic E-state index is 12.4. The summed E-state index contributed by atoms with van der Waals surface area (Å²) in [7, 11) is 0. The molecule has 1 fully saturated rings. The maximum Gasteiger partial charge on any atom is 0.254 e. The summed E-state index contributed by atoms with van der Waals surface area (Å²) in [6.45, 7) is 1.72. The summed E-state index contributed by atoms with van der Waals surface area (Å²) in [5.41, 5.74) is 0.746. The van der Waals surface area contributed by atoms with Gasteiger partial charge in [-0.15, -0.1) is 0 Å². The van der Waals surface area contributed by atoms with Crippen LogP contribution in [0.5, 0.6) is 0 Å². The molecule has 1 aromatic rings. The second-order valence-corrected chi connectivity index (χ2v) is 6.93. The molecule has 0 radical (unpaired) electrons. The van der Waals surface area contributed by atoms with E-state index in [0.717, 1.165) is 45.8 Å². The Morgan fingerprint density at radius 3 is 2.50 bits per heavy atom. The van der Waals surface area contributed by atoms with Crippen LogP contribution in [0, 0.1) is 5.92 Å². The van der Waals surface area contributed by atoms with Gasteiger partial charge in [0.2, 0.25) is 0 Å². The van der Waals surface area contributed by atoms with Crippen LogP contribution in [0.15, 0.2) is 27.1 Å². The van der Waals surface area contributed by atoms with Crippen molar-refractivity contribution in [1.82, 2.24) is 4.90 Å². The van der Waals surface area contributed by atoms with Gasteiger partial charge in [-0.05, 0) is 52.9 Å². The highest BCUT2D eigenvalue weighted by atomic mass is 79.9. The number of alkyl halides is 1. The van der Waals surface area contributed by atoms with E-state index in [1.165, 1.54) is 0 Å². The van der Waals surface area contributed by atoms with E-state index in [1.807, 2.05) is 23.1 Å². The van der Waals surface area contributed by atoms with Gasteiger partial charge in [0.05, 0.1) is 5.56 Å². The average Bonchev–Trinajstić information content (AvgIpc) is 2.38. The smallest absolute Gasteiger partial charge is 0.254 e. The van der Waals surface area contributed by atoms with Gasteiger partial charge in [0.25, 0.3) is 5.91 Å². The highest BCUT2D eigenvalue weighted by molar-refractivity contribution is 9.11. The monoisotopic (exact) mass is 437 g/mol. The van der Waals surface area contributed by atoms with E-state index in [-0.39, 0.29) is 5.91 Å². The number of carbonyl (C=O) groups excluding carboxylic acids is 1. The van der Waals surface area contributed by atoms with Crippen LogP contribution in [0.1, 0.15) is 23.2 Å². The normalized spacial score (nSPS) is 16.9. The molecule has 98 valence electrons. The van der Waals surface area contributed by atoms with Crippen molar-refractivity contribution in [1.29, 1.82) is 0 Å². The Kier molecular flexibility index (Phi) is 5.27. The molecule has 1 amide bonds. The van der Waals surface area contributed by atoms with E-state index in [0.29, 0.717) is 5.92 Å². The molecule has 0 N–H and O–H groups in total. The minimum Gasteiger partial charge on any atom is -0.339 e. The number of nitrogens with zero attached hydrogens (tertiary/aromatic N) is 1. The zero-order chi connectivity index (χ0) is 13.1. The average molecular weight is 440 g/mol. The highest BCUT2D eigenvalue weighted by Gasteiger charge is 2.24. The number of hydrogen-bond donors (Lipinski definition) is 0. The number of halogens is 3. The molecule has 0 bridgehead atoms. The summed E-state index contributed by atoms with van der Waals surface area (Å²) in [6.07, 6.45) is 2.18. The fraction of sp³-hybridized carbons (Fsp3) is 0.462. The molecule has 1 aromatic carbocycles. The highest BCUT2D eigenvalue weighted by Crippen LogP contribution is 2.25. The van der Waals surface area contributed by atoms with Crippen molar-refractivity contribution >= 4 is 53.7 Å². The van der Waals surface area contributed by atoms with Gasteiger partial charge in [0.1, 0.15) is 0 Å². The third kappa shape index (κ3) is 3.36. The Hall–Kier alpha value is 0.130. The molecule has 1 aliphatic rings. The maximum absolute atomic E-state index is 12.4. The summed E-state index contributed by atoms with van der Waals surface area (Å²) in [5, 5.41) is 1.04. The SMILES string of the molecule is O=C(c1ccc(Br)cc1Br)N1CCC(CBr)CC1. The molecular formula is C13H14Br3NO. The quantitative estimate of drug-likeness (QED) is 0.623. The molecule has 0 unspecified atom stereocenters. The first kappa shape index (κ1) is 14.5. The van der Waals surface area contributed by atoms with Gasteiger partial charge in [0, 0.05) is 27.4 Å². The van der Waals surface area contributed by atoms with Gasteiger partial charge >= 0.3 is 0 Å². The Labute approximate surface area is 133 Å².